The Morgan fingerprint density at radius 3 is 2.94 bits per heavy atom. The Labute approximate surface area is 104 Å². The molecule has 0 fully saturated rings. The SMILES string of the molecule is CCCn1cncc1CSc1nccnc1N. The molecule has 0 radical (unpaired) electrons. The Morgan fingerprint density at radius 1 is 1.35 bits per heavy atom. The number of hydrogen-bond acceptors (Lipinski definition) is 5. The number of rotatable bonds is 5. The summed E-state index contributed by atoms with van der Waals surface area (Å²) in [6, 6.07) is 0. The van der Waals surface area contributed by atoms with Crippen LogP contribution in [0.1, 0.15) is 19.0 Å². The molecule has 0 amide bonds. The maximum absolute atomic E-state index is 5.74. The third-order valence-electron chi connectivity index (χ3n) is 2.31. The fourth-order valence-corrected chi connectivity index (χ4v) is 2.36. The maximum Gasteiger partial charge on any atom is 0.156 e. The highest BCUT2D eigenvalue weighted by Crippen LogP contribution is 2.23. The first-order valence-corrected chi connectivity index (χ1v) is 6.48. The minimum Gasteiger partial charge on any atom is -0.381 e. The van der Waals surface area contributed by atoms with Crippen molar-refractivity contribution in [1.29, 1.82) is 0 Å². The molecule has 2 N–H and O–H groups in total. The largest absolute Gasteiger partial charge is 0.381 e. The molecule has 17 heavy (non-hydrogen) atoms. The van der Waals surface area contributed by atoms with Gasteiger partial charge in [-0.2, -0.15) is 0 Å². The number of thioether (sulfide) groups is 1. The van der Waals surface area contributed by atoms with E-state index in [0.717, 1.165) is 23.7 Å². The molecule has 0 saturated heterocycles. The van der Waals surface area contributed by atoms with Crippen LogP contribution in [0.3, 0.4) is 0 Å². The van der Waals surface area contributed by atoms with Crippen LogP contribution in [0.4, 0.5) is 5.82 Å². The zero-order valence-electron chi connectivity index (χ0n) is 9.71. The summed E-state index contributed by atoms with van der Waals surface area (Å²) >= 11 is 1.59. The predicted molar refractivity (Wildman–Crippen MR) is 68.5 cm³/mol. The Morgan fingerprint density at radius 2 is 2.18 bits per heavy atom. The first-order valence-electron chi connectivity index (χ1n) is 5.49. The Kier molecular flexibility index (Phi) is 3.98. The van der Waals surface area contributed by atoms with Gasteiger partial charge in [0.05, 0.1) is 6.33 Å². The van der Waals surface area contributed by atoms with Crippen LogP contribution < -0.4 is 5.73 Å². The van der Waals surface area contributed by atoms with Crippen molar-refractivity contribution in [2.75, 3.05) is 5.73 Å². The normalized spacial score (nSPS) is 10.6. The van der Waals surface area contributed by atoms with E-state index in [0.29, 0.717) is 5.82 Å². The summed E-state index contributed by atoms with van der Waals surface area (Å²) in [5, 5.41) is 0.775. The van der Waals surface area contributed by atoms with Crippen LogP contribution in [0.15, 0.2) is 29.9 Å². The van der Waals surface area contributed by atoms with Crippen LogP contribution in [0.25, 0.3) is 0 Å². The topological polar surface area (TPSA) is 69.6 Å². The van der Waals surface area contributed by atoms with Crippen molar-refractivity contribution < 1.29 is 0 Å². The van der Waals surface area contributed by atoms with Crippen LogP contribution in [-0.4, -0.2) is 19.5 Å². The van der Waals surface area contributed by atoms with E-state index >= 15 is 0 Å². The van der Waals surface area contributed by atoms with E-state index in [1.165, 1.54) is 5.69 Å². The summed E-state index contributed by atoms with van der Waals surface area (Å²) < 4.78 is 2.15. The molecule has 0 aromatic carbocycles. The van der Waals surface area contributed by atoms with E-state index in [9.17, 15) is 0 Å². The van der Waals surface area contributed by atoms with Gasteiger partial charge in [-0.25, -0.2) is 15.0 Å². The predicted octanol–water partition coefficient (Wildman–Crippen LogP) is 1.96. The zero-order valence-corrected chi connectivity index (χ0v) is 10.5. The fraction of sp³-hybridized carbons (Fsp3) is 0.364. The smallest absolute Gasteiger partial charge is 0.156 e. The quantitative estimate of drug-likeness (QED) is 0.820. The van der Waals surface area contributed by atoms with E-state index in [2.05, 4.69) is 26.4 Å². The van der Waals surface area contributed by atoms with Gasteiger partial charge in [-0.15, -0.1) is 0 Å². The minimum atomic E-state index is 0.485. The molecule has 0 aliphatic carbocycles. The molecule has 2 aromatic rings. The highest BCUT2D eigenvalue weighted by atomic mass is 32.2. The second-order valence-electron chi connectivity index (χ2n) is 3.61. The van der Waals surface area contributed by atoms with Crippen LogP contribution >= 0.6 is 11.8 Å². The number of aryl methyl sites for hydroxylation is 1. The van der Waals surface area contributed by atoms with E-state index < -0.39 is 0 Å². The molecule has 0 unspecified atom stereocenters. The fourth-order valence-electron chi connectivity index (χ4n) is 1.50. The van der Waals surface area contributed by atoms with E-state index in [4.69, 9.17) is 5.73 Å². The summed E-state index contributed by atoms with van der Waals surface area (Å²) in [6.07, 6.45) is 8.10. The molecule has 0 aliphatic rings. The number of aromatic nitrogens is 4. The molecular weight excluding hydrogens is 234 g/mol. The molecule has 2 aromatic heterocycles. The van der Waals surface area contributed by atoms with Crippen molar-refractivity contribution in [3.8, 4) is 0 Å². The van der Waals surface area contributed by atoms with Gasteiger partial charge in [0.1, 0.15) is 5.03 Å². The van der Waals surface area contributed by atoms with Crippen LogP contribution in [0.5, 0.6) is 0 Å². The average Bonchev–Trinajstić information content (AvgIpc) is 2.76. The Hall–Kier alpha value is -1.56. The van der Waals surface area contributed by atoms with Crippen molar-refractivity contribution in [3.63, 3.8) is 0 Å². The second-order valence-corrected chi connectivity index (χ2v) is 4.58. The number of nitrogen functional groups attached to an aromatic ring is 1. The first kappa shape index (κ1) is 11.9. The van der Waals surface area contributed by atoms with Crippen LogP contribution in [0.2, 0.25) is 0 Å². The molecule has 0 bridgehead atoms. The van der Waals surface area contributed by atoms with E-state index in [-0.39, 0.29) is 0 Å². The van der Waals surface area contributed by atoms with Gasteiger partial charge in [0.2, 0.25) is 0 Å². The van der Waals surface area contributed by atoms with E-state index in [1.807, 2.05) is 12.5 Å². The van der Waals surface area contributed by atoms with Gasteiger partial charge in [0.15, 0.2) is 5.82 Å². The number of nitrogens with zero attached hydrogens (tertiary/aromatic N) is 4. The number of anilines is 1. The number of hydrogen-bond donors (Lipinski definition) is 1. The molecule has 0 spiro atoms. The molecule has 0 aliphatic heterocycles. The first-order chi connectivity index (χ1) is 8.31. The molecule has 90 valence electrons. The molecule has 2 heterocycles. The lowest BCUT2D eigenvalue weighted by Gasteiger charge is -2.06. The standard InChI is InChI=1S/C11H15N5S/c1-2-5-16-8-13-6-9(16)7-17-11-10(12)14-3-4-15-11/h3-4,6,8H,2,5,7H2,1H3,(H2,12,14). The number of nitrogens with two attached hydrogens (primary N) is 1. The highest BCUT2D eigenvalue weighted by molar-refractivity contribution is 7.98. The lowest BCUT2D eigenvalue weighted by molar-refractivity contribution is 0.659. The lowest BCUT2D eigenvalue weighted by atomic mass is 10.4. The van der Waals surface area contributed by atoms with Crippen molar-refractivity contribution in [2.24, 2.45) is 0 Å². The van der Waals surface area contributed by atoms with Gasteiger partial charge in [-0.05, 0) is 6.42 Å². The average molecular weight is 249 g/mol. The van der Waals surface area contributed by atoms with Gasteiger partial charge in [-0.3, -0.25) is 0 Å². The third kappa shape index (κ3) is 2.97. The van der Waals surface area contributed by atoms with Gasteiger partial charge in [0.25, 0.3) is 0 Å². The molecule has 6 heteroatoms. The summed E-state index contributed by atoms with van der Waals surface area (Å²) in [5.41, 5.74) is 6.92. The summed E-state index contributed by atoms with van der Waals surface area (Å²) in [7, 11) is 0. The van der Waals surface area contributed by atoms with Crippen LogP contribution in [-0.2, 0) is 12.3 Å². The van der Waals surface area contributed by atoms with Gasteiger partial charge >= 0.3 is 0 Å². The summed E-state index contributed by atoms with van der Waals surface area (Å²) in [4.78, 5) is 12.4. The highest BCUT2D eigenvalue weighted by Gasteiger charge is 2.05. The van der Waals surface area contributed by atoms with E-state index in [1.54, 1.807) is 24.2 Å². The molecule has 2 rings (SSSR count). The van der Waals surface area contributed by atoms with Gasteiger partial charge in [0, 0.05) is 36.6 Å². The van der Waals surface area contributed by atoms with Gasteiger partial charge in [-0.1, -0.05) is 18.7 Å². The lowest BCUT2D eigenvalue weighted by Crippen LogP contribution is -2.00. The van der Waals surface area contributed by atoms with Crippen molar-refractivity contribution in [2.45, 2.75) is 30.7 Å². The maximum atomic E-state index is 5.74. The number of imidazole rings is 1. The monoisotopic (exact) mass is 249 g/mol. The Balaban J connectivity index is 2.02. The van der Waals surface area contributed by atoms with Crippen LogP contribution in [0, 0.1) is 0 Å². The second kappa shape index (κ2) is 5.67. The van der Waals surface area contributed by atoms with Crippen molar-refractivity contribution in [3.05, 3.63) is 30.6 Å². The summed E-state index contributed by atoms with van der Waals surface area (Å²) in [6.45, 7) is 3.14. The molecular formula is C11H15N5S. The third-order valence-corrected chi connectivity index (χ3v) is 3.34. The molecule has 5 nitrogen and oxygen atoms in total. The zero-order chi connectivity index (χ0) is 12.1. The minimum absolute atomic E-state index is 0.485. The molecule has 0 atom stereocenters. The summed E-state index contributed by atoms with van der Waals surface area (Å²) in [5.74, 6) is 1.29. The van der Waals surface area contributed by atoms with Gasteiger partial charge < -0.3 is 10.3 Å². The van der Waals surface area contributed by atoms with Crippen molar-refractivity contribution >= 4 is 17.6 Å². The molecule has 0 saturated carbocycles. The Bertz CT molecular complexity index is 482. The van der Waals surface area contributed by atoms with Crippen molar-refractivity contribution in [1.82, 2.24) is 19.5 Å².